The van der Waals surface area contributed by atoms with Crippen LogP contribution in [0.25, 0.3) is 12.2 Å². The molecule has 1 rings (SSSR count). The molecule has 3 N–H and O–H groups in total. The Hall–Kier alpha value is -1.44. The smallest absolute Gasteiger partial charge is 0.0448 e. The molecular weight excluding hydrogens is 136 g/mol. The monoisotopic (exact) mass is 148 g/mol. The van der Waals surface area contributed by atoms with Crippen molar-refractivity contribution in [3.8, 4) is 0 Å². The molecule has 58 valence electrons. The summed E-state index contributed by atoms with van der Waals surface area (Å²) >= 11 is 0. The lowest BCUT2D eigenvalue weighted by molar-refractivity contribution is 1.33. The van der Waals surface area contributed by atoms with Crippen LogP contribution in [0.2, 0.25) is 0 Å². The van der Waals surface area contributed by atoms with Gasteiger partial charge in [0.2, 0.25) is 0 Å². The number of hydrogen-bond acceptors (Lipinski definition) is 1. The molecule has 0 aliphatic carbocycles. The van der Waals surface area contributed by atoms with E-state index < -0.39 is 0 Å². The van der Waals surface area contributed by atoms with Gasteiger partial charge in [0.25, 0.3) is 0 Å². The number of allylic oxidation sites excluding steroid dienone is 1. The van der Waals surface area contributed by atoms with E-state index in [4.69, 9.17) is 5.73 Å². The van der Waals surface area contributed by atoms with Gasteiger partial charge < -0.3 is 10.7 Å². The van der Waals surface area contributed by atoms with Crippen molar-refractivity contribution < 1.29 is 0 Å². The summed E-state index contributed by atoms with van der Waals surface area (Å²) in [6.45, 7) is 5.53. The van der Waals surface area contributed by atoms with Gasteiger partial charge in [-0.25, -0.2) is 0 Å². The van der Waals surface area contributed by atoms with Crippen molar-refractivity contribution in [2.24, 2.45) is 5.73 Å². The zero-order valence-electron chi connectivity index (χ0n) is 6.59. The summed E-state index contributed by atoms with van der Waals surface area (Å²) < 4.78 is 0. The zero-order chi connectivity index (χ0) is 8.27. The largest absolute Gasteiger partial charge is 0.402 e. The van der Waals surface area contributed by atoms with E-state index in [9.17, 15) is 0 Å². The molecule has 2 nitrogen and oxygen atoms in total. The highest BCUT2D eigenvalue weighted by Crippen LogP contribution is 2.10. The van der Waals surface area contributed by atoms with Crippen LogP contribution >= 0.6 is 0 Å². The number of H-pyrrole nitrogens is 1. The summed E-state index contributed by atoms with van der Waals surface area (Å²) in [6, 6.07) is 1.97. The molecule has 2 heteroatoms. The van der Waals surface area contributed by atoms with Crippen molar-refractivity contribution in [3.05, 3.63) is 35.8 Å². The number of rotatable bonds is 2. The van der Waals surface area contributed by atoms with Crippen LogP contribution in [0.3, 0.4) is 0 Å². The van der Waals surface area contributed by atoms with E-state index in [1.54, 1.807) is 6.08 Å². The molecule has 0 saturated heterocycles. The van der Waals surface area contributed by atoms with Gasteiger partial charge in [-0.05, 0) is 25.1 Å². The first-order chi connectivity index (χ1) is 5.24. The Kier molecular flexibility index (Phi) is 2.16. The summed E-state index contributed by atoms with van der Waals surface area (Å²) in [7, 11) is 0. The zero-order valence-corrected chi connectivity index (χ0v) is 6.59. The molecular formula is C9H12N2. The van der Waals surface area contributed by atoms with Gasteiger partial charge in [0, 0.05) is 23.2 Å². The third-order valence-electron chi connectivity index (χ3n) is 1.40. The normalized spacial score (nSPS) is 11.5. The Balaban J connectivity index is 3.03. The van der Waals surface area contributed by atoms with Gasteiger partial charge in [0.15, 0.2) is 0 Å². The molecule has 1 heterocycles. The second kappa shape index (κ2) is 3.10. The van der Waals surface area contributed by atoms with E-state index in [-0.39, 0.29) is 0 Å². The molecule has 0 atom stereocenters. The Morgan fingerprint density at radius 3 is 3.00 bits per heavy atom. The van der Waals surface area contributed by atoms with Crippen LogP contribution in [0.1, 0.15) is 18.2 Å². The second-order valence-corrected chi connectivity index (χ2v) is 2.44. The van der Waals surface area contributed by atoms with Gasteiger partial charge in [-0.1, -0.05) is 6.58 Å². The highest BCUT2D eigenvalue weighted by Gasteiger charge is 1.94. The van der Waals surface area contributed by atoms with Gasteiger partial charge in [-0.3, -0.25) is 0 Å². The maximum atomic E-state index is 5.52. The van der Waals surface area contributed by atoms with Crippen molar-refractivity contribution in [1.82, 2.24) is 4.98 Å². The van der Waals surface area contributed by atoms with Gasteiger partial charge >= 0.3 is 0 Å². The lowest BCUT2D eigenvalue weighted by atomic mass is 10.2. The molecule has 0 bridgehead atoms. The predicted molar refractivity (Wildman–Crippen MR) is 48.7 cm³/mol. The summed E-state index contributed by atoms with van der Waals surface area (Å²) in [5.41, 5.74) is 8.41. The van der Waals surface area contributed by atoms with Crippen molar-refractivity contribution in [2.75, 3.05) is 0 Å². The molecule has 0 fully saturated rings. The van der Waals surface area contributed by atoms with E-state index >= 15 is 0 Å². The van der Waals surface area contributed by atoms with E-state index in [1.165, 1.54) is 0 Å². The number of hydrogen-bond donors (Lipinski definition) is 2. The van der Waals surface area contributed by atoms with Crippen molar-refractivity contribution in [3.63, 3.8) is 0 Å². The van der Waals surface area contributed by atoms with E-state index in [1.807, 2.05) is 25.3 Å². The van der Waals surface area contributed by atoms with E-state index in [0.717, 1.165) is 17.0 Å². The number of aromatic amines is 1. The number of nitrogens with two attached hydrogens (primary N) is 1. The molecule has 11 heavy (non-hydrogen) atoms. The highest BCUT2D eigenvalue weighted by molar-refractivity contribution is 5.62. The van der Waals surface area contributed by atoms with Gasteiger partial charge in [-0.2, -0.15) is 0 Å². The maximum Gasteiger partial charge on any atom is 0.0448 e. The topological polar surface area (TPSA) is 41.8 Å². The van der Waals surface area contributed by atoms with E-state index in [2.05, 4.69) is 11.6 Å². The molecule has 0 aliphatic heterocycles. The first-order valence-electron chi connectivity index (χ1n) is 3.47. The summed E-state index contributed by atoms with van der Waals surface area (Å²) in [5, 5.41) is 0. The number of nitrogens with one attached hydrogen (secondary N) is 1. The molecule has 1 aromatic rings. The molecule has 0 aliphatic rings. The van der Waals surface area contributed by atoms with Crippen LogP contribution in [-0.2, 0) is 0 Å². The first-order valence-corrected chi connectivity index (χ1v) is 3.47. The summed E-state index contributed by atoms with van der Waals surface area (Å²) in [4.78, 5) is 3.04. The third kappa shape index (κ3) is 1.74. The number of aromatic nitrogens is 1. The minimum Gasteiger partial charge on any atom is -0.402 e. The van der Waals surface area contributed by atoms with Crippen LogP contribution in [0.5, 0.6) is 0 Å². The third-order valence-corrected chi connectivity index (χ3v) is 1.40. The van der Waals surface area contributed by atoms with Crippen LogP contribution < -0.4 is 5.73 Å². The molecule has 0 spiro atoms. The first kappa shape index (κ1) is 7.66. The van der Waals surface area contributed by atoms with Crippen molar-refractivity contribution >= 4 is 12.2 Å². The molecule has 1 aromatic heterocycles. The summed E-state index contributed by atoms with van der Waals surface area (Å²) in [5.74, 6) is 0. The summed E-state index contributed by atoms with van der Waals surface area (Å²) in [6.07, 6.45) is 5.55. The average Bonchev–Trinajstić information content (AvgIpc) is 2.34. The Bertz CT molecular complexity index is 278. The Morgan fingerprint density at radius 1 is 1.73 bits per heavy atom. The van der Waals surface area contributed by atoms with Crippen LogP contribution in [0, 0.1) is 0 Å². The molecule has 0 unspecified atom stereocenters. The molecule has 0 radical (unpaired) electrons. The standard InChI is InChI=1S/C9H12N2/c1-3-9-8(4-5-11-9)6-7(2)10/h3-6,11H,1,10H2,2H3/b7-6+. The Labute approximate surface area is 66.4 Å². The minimum atomic E-state index is 0.799. The lowest BCUT2D eigenvalue weighted by Gasteiger charge is -1.92. The fourth-order valence-corrected chi connectivity index (χ4v) is 0.942. The van der Waals surface area contributed by atoms with Crippen molar-refractivity contribution in [1.29, 1.82) is 0 Å². The highest BCUT2D eigenvalue weighted by atomic mass is 14.7. The SMILES string of the molecule is C=Cc1[nH]ccc1/C=C(\C)N. The fourth-order valence-electron chi connectivity index (χ4n) is 0.942. The quantitative estimate of drug-likeness (QED) is 0.661. The minimum absolute atomic E-state index is 0.799. The average molecular weight is 148 g/mol. The lowest BCUT2D eigenvalue weighted by Crippen LogP contribution is -1.89. The molecule has 0 saturated carbocycles. The van der Waals surface area contributed by atoms with Gasteiger partial charge in [0.05, 0.1) is 0 Å². The predicted octanol–water partition coefficient (Wildman–Crippen LogP) is 1.98. The maximum absolute atomic E-state index is 5.52. The second-order valence-electron chi connectivity index (χ2n) is 2.44. The van der Waals surface area contributed by atoms with Crippen LogP contribution in [-0.4, -0.2) is 4.98 Å². The fraction of sp³-hybridized carbons (Fsp3) is 0.111. The Morgan fingerprint density at radius 2 is 2.45 bits per heavy atom. The van der Waals surface area contributed by atoms with Crippen molar-refractivity contribution in [2.45, 2.75) is 6.92 Å². The van der Waals surface area contributed by atoms with Gasteiger partial charge in [0.1, 0.15) is 0 Å². The molecule has 0 aromatic carbocycles. The van der Waals surface area contributed by atoms with Crippen LogP contribution in [0.4, 0.5) is 0 Å². The van der Waals surface area contributed by atoms with Gasteiger partial charge in [-0.15, -0.1) is 0 Å². The molecule has 0 amide bonds. The van der Waals surface area contributed by atoms with E-state index in [0.29, 0.717) is 0 Å². The van der Waals surface area contributed by atoms with Crippen LogP contribution in [0.15, 0.2) is 24.5 Å².